The minimum absolute atomic E-state index is 0.0173. The van der Waals surface area contributed by atoms with Crippen LogP contribution in [0, 0.1) is 13.8 Å². The number of hydrogen-bond donors (Lipinski definition) is 4. The Morgan fingerprint density at radius 2 is 0.932 bits per heavy atom. The molecule has 0 saturated heterocycles. The highest BCUT2D eigenvalue weighted by Crippen LogP contribution is 2.20. The Labute approximate surface area is 269 Å². The first kappa shape index (κ1) is 38.0. The Morgan fingerprint density at radius 1 is 0.614 bits per heavy atom. The van der Waals surface area contributed by atoms with Crippen LogP contribution in [-0.4, -0.2) is 70.1 Å². The first-order chi connectivity index (χ1) is 20.6. The van der Waals surface area contributed by atoms with Crippen LogP contribution in [0.15, 0.2) is 58.3 Å². The number of unbranched alkanes of at least 4 members (excludes halogenated alkanes) is 2. The monoisotopic (exact) mass is 690 g/mol. The molecule has 6 N–H and O–H groups in total. The summed E-state index contributed by atoms with van der Waals surface area (Å²) in [7, 11) is -8.38. The van der Waals surface area contributed by atoms with Gasteiger partial charge in [-0.2, -0.15) is 0 Å². The fraction of sp³-hybridized carbons (Fsp3) is 0.483. The molecule has 0 saturated carbocycles. The minimum atomic E-state index is -4.19. The molecule has 2 aromatic carbocycles. The van der Waals surface area contributed by atoms with Crippen LogP contribution in [0.2, 0.25) is 0 Å². The third kappa shape index (κ3) is 11.0. The average molecular weight is 692 g/mol. The lowest BCUT2D eigenvalue weighted by Crippen LogP contribution is -2.51. The molecule has 2 rings (SSSR count). The number of carbonyl (C=O) groups excluding carboxylic acids is 3. The molecule has 0 aliphatic carbocycles. The van der Waals surface area contributed by atoms with E-state index in [4.69, 9.17) is 34.7 Å². The number of rotatable bonds is 20. The van der Waals surface area contributed by atoms with E-state index in [0.29, 0.717) is 25.7 Å². The number of hydrogen-bond acceptors (Lipinski definition) is 9. The van der Waals surface area contributed by atoms with E-state index in [9.17, 15) is 31.2 Å². The minimum Gasteiger partial charge on any atom is -0.330 e. The molecule has 2 unspecified atom stereocenters. The summed E-state index contributed by atoms with van der Waals surface area (Å²) in [6.45, 7) is 4.15. The molecule has 0 fully saturated rings. The Balaban J connectivity index is 2.28. The molecule has 2 aromatic rings. The quantitative estimate of drug-likeness (QED) is 0.0917. The lowest BCUT2D eigenvalue weighted by atomic mass is 9.96. The molecule has 4 atom stereocenters. The number of ketones is 3. The fourth-order valence-electron chi connectivity index (χ4n) is 4.21. The summed E-state index contributed by atoms with van der Waals surface area (Å²) in [6.07, 6.45) is 1.59. The van der Waals surface area contributed by atoms with Gasteiger partial charge in [-0.1, -0.05) is 48.2 Å². The molecular weight excluding hydrogens is 651 g/mol. The van der Waals surface area contributed by atoms with Crippen LogP contribution in [0.3, 0.4) is 0 Å². The molecule has 0 spiro atoms. The van der Waals surface area contributed by atoms with Crippen molar-refractivity contribution < 1.29 is 31.2 Å². The first-order valence-corrected chi connectivity index (χ1v) is 18.0. The Hall–Kier alpha value is -2.23. The highest BCUT2D eigenvalue weighted by Gasteiger charge is 2.40. The Morgan fingerprint density at radius 3 is 1.23 bits per heavy atom. The zero-order valence-corrected chi connectivity index (χ0v) is 27.8. The van der Waals surface area contributed by atoms with Crippen molar-refractivity contribution in [2.24, 2.45) is 11.5 Å². The number of alkyl halides is 2. The zero-order valence-electron chi connectivity index (χ0n) is 24.7. The summed E-state index contributed by atoms with van der Waals surface area (Å²) in [6, 6.07) is 9.02. The standard InChI is InChI=1S/C29H40Cl2N4O7S2/c1-19-9-13-21(14-10-19)43(39,40)34-23(7-3-5-17-32)27(36)25(30)29(38)26(31)28(37)24(8-4-6-18-33)35-44(41,42)22-15-11-20(2)12-16-22/h9-16,23-26,34-35H,3-8,17-18,32-33H2,1-2H3/t23-,24-,25?,26?/m0/s1. The van der Waals surface area contributed by atoms with Crippen molar-refractivity contribution in [1.82, 2.24) is 9.44 Å². The van der Waals surface area contributed by atoms with Crippen LogP contribution >= 0.6 is 23.2 Å². The Kier molecular flexibility index (Phi) is 15.1. The third-order valence-electron chi connectivity index (χ3n) is 6.84. The van der Waals surface area contributed by atoms with E-state index in [-0.39, 0.29) is 35.7 Å². The maximum absolute atomic E-state index is 13.4. The van der Waals surface area contributed by atoms with Crippen LogP contribution in [0.25, 0.3) is 0 Å². The summed E-state index contributed by atoms with van der Waals surface area (Å²) >= 11 is 12.5. The third-order valence-corrected chi connectivity index (χ3v) is 10.7. The molecular formula is C29H40Cl2N4O7S2. The zero-order chi connectivity index (χ0) is 33.1. The van der Waals surface area contributed by atoms with Gasteiger partial charge in [0, 0.05) is 0 Å². The molecule has 0 heterocycles. The number of nitrogens with one attached hydrogen (secondary N) is 2. The largest absolute Gasteiger partial charge is 0.330 e. The number of Topliss-reactive ketones (excluding diaryl/α,β-unsaturated/α-hetero) is 3. The highest BCUT2D eigenvalue weighted by atomic mass is 35.5. The van der Waals surface area contributed by atoms with Gasteiger partial charge in [-0.25, -0.2) is 26.3 Å². The van der Waals surface area contributed by atoms with E-state index < -0.39 is 60.2 Å². The van der Waals surface area contributed by atoms with Gasteiger partial charge in [0.2, 0.25) is 20.0 Å². The van der Waals surface area contributed by atoms with Gasteiger partial charge in [0.1, 0.15) is 0 Å². The van der Waals surface area contributed by atoms with Gasteiger partial charge in [-0.15, -0.1) is 23.2 Å². The summed E-state index contributed by atoms with van der Waals surface area (Å²) in [5.74, 6) is -3.19. The topological polar surface area (TPSA) is 196 Å². The SMILES string of the molecule is Cc1ccc(S(=O)(=O)N[C@@H](CCCCN)C(=O)C(Cl)C(=O)C(Cl)C(=O)[C@H](CCCCN)NS(=O)(=O)c2ccc(C)cc2)cc1. The maximum atomic E-state index is 13.4. The van der Waals surface area contributed by atoms with Crippen molar-refractivity contribution in [2.45, 2.75) is 85.0 Å². The van der Waals surface area contributed by atoms with E-state index in [1.54, 1.807) is 38.1 Å². The van der Waals surface area contributed by atoms with Crippen LogP contribution < -0.4 is 20.9 Å². The second-order valence-electron chi connectivity index (χ2n) is 10.5. The van der Waals surface area contributed by atoms with Crippen LogP contribution in [0.5, 0.6) is 0 Å². The van der Waals surface area contributed by atoms with Gasteiger partial charge in [0.05, 0.1) is 21.9 Å². The normalized spacial score (nSPS) is 14.9. The van der Waals surface area contributed by atoms with E-state index in [1.165, 1.54) is 24.3 Å². The Bertz CT molecular complexity index is 1380. The lowest BCUT2D eigenvalue weighted by molar-refractivity contribution is -0.130. The summed E-state index contributed by atoms with van der Waals surface area (Å²) in [5, 5.41) is -3.99. The van der Waals surface area contributed by atoms with Gasteiger partial charge < -0.3 is 11.5 Å². The van der Waals surface area contributed by atoms with Crippen LogP contribution in [0.1, 0.15) is 49.7 Å². The number of nitrogens with two attached hydrogens (primary N) is 2. The fourth-order valence-corrected chi connectivity index (χ4v) is 7.31. The van der Waals surface area contributed by atoms with Crippen molar-refractivity contribution in [3.05, 3.63) is 59.7 Å². The number of aryl methyl sites for hydroxylation is 2. The van der Waals surface area contributed by atoms with Crippen LogP contribution in [0.4, 0.5) is 0 Å². The van der Waals surface area contributed by atoms with Gasteiger partial charge in [0.15, 0.2) is 28.1 Å². The molecule has 0 aliphatic heterocycles. The van der Waals surface area contributed by atoms with Gasteiger partial charge in [-0.05, 0) is 76.9 Å². The number of sulfonamides is 2. The summed E-state index contributed by atoms with van der Waals surface area (Å²) < 4.78 is 56.8. The molecule has 0 radical (unpaired) electrons. The van der Waals surface area contributed by atoms with E-state index in [0.717, 1.165) is 11.1 Å². The predicted octanol–water partition coefficient (Wildman–Crippen LogP) is 2.48. The van der Waals surface area contributed by atoms with E-state index >= 15 is 0 Å². The van der Waals surface area contributed by atoms with Gasteiger partial charge in [0.25, 0.3) is 0 Å². The van der Waals surface area contributed by atoms with Crippen LogP contribution in [-0.2, 0) is 34.4 Å². The first-order valence-electron chi connectivity index (χ1n) is 14.1. The number of benzene rings is 2. The lowest BCUT2D eigenvalue weighted by Gasteiger charge is -2.23. The molecule has 0 amide bonds. The number of carbonyl (C=O) groups is 3. The molecule has 0 bridgehead atoms. The van der Waals surface area contributed by atoms with Crippen molar-refractivity contribution in [2.75, 3.05) is 13.1 Å². The molecule has 0 aromatic heterocycles. The summed E-state index contributed by atoms with van der Waals surface area (Å²) in [4.78, 5) is 39.8. The van der Waals surface area contributed by atoms with Crippen molar-refractivity contribution in [3.8, 4) is 0 Å². The second-order valence-corrected chi connectivity index (χ2v) is 14.8. The van der Waals surface area contributed by atoms with Crippen molar-refractivity contribution in [3.63, 3.8) is 0 Å². The van der Waals surface area contributed by atoms with E-state index in [1.807, 2.05) is 0 Å². The summed E-state index contributed by atoms with van der Waals surface area (Å²) in [5.41, 5.74) is 12.7. The van der Waals surface area contributed by atoms with E-state index in [2.05, 4.69) is 9.44 Å². The van der Waals surface area contributed by atoms with Gasteiger partial charge >= 0.3 is 0 Å². The maximum Gasteiger partial charge on any atom is 0.241 e. The number of halogens is 2. The van der Waals surface area contributed by atoms with Crippen molar-refractivity contribution in [1.29, 1.82) is 0 Å². The molecule has 0 aliphatic rings. The smallest absolute Gasteiger partial charge is 0.241 e. The van der Waals surface area contributed by atoms with Crippen molar-refractivity contribution >= 4 is 60.6 Å². The molecule has 44 heavy (non-hydrogen) atoms. The van der Waals surface area contributed by atoms with Gasteiger partial charge in [-0.3, -0.25) is 14.4 Å². The highest BCUT2D eigenvalue weighted by molar-refractivity contribution is 7.89. The molecule has 15 heteroatoms. The molecule has 244 valence electrons. The predicted molar refractivity (Wildman–Crippen MR) is 171 cm³/mol. The molecule has 11 nitrogen and oxygen atoms in total. The second kappa shape index (κ2) is 17.5. The average Bonchev–Trinajstić information content (AvgIpc) is 2.98.